The summed E-state index contributed by atoms with van der Waals surface area (Å²) in [5.41, 5.74) is 0. The van der Waals surface area contributed by atoms with E-state index in [4.69, 9.17) is 0 Å². The summed E-state index contributed by atoms with van der Waals surface area (Å²) in [6.45, 7) is 14.5. The number of carbonyl (C=O) groups is 1. The summed E-state index contributed by atoms with van der Waals surface area (Å²) in [4.78, 5) is 14.1. The Hall–Kier alpha value is -0.530. The van der Waals surface area contributed by atoms with Crippen molar-refractivity contribution in [2.24, 2.45) is 17.8 Å². The maximum Gasteiger partial charge on any atom is 0.225 e. The van der Waals surface area contributed by atoms with Gasteiger partial charge in [0.2, 0.25) is 5.91 Å². The normalized spacial score (nSPS) is 13.3. The van der Waals surface area contributed by atoms with E-state index in [1.807, 2.05) is 11.8 Å². The quantitative estimate of drug-likeness (QED) is 0.663. The van der Waals surface area contributed by atoms with E-state index in [2.05, 4.69) is 34.6 Å². The molecule has 0 aromatic carbocycles. The van der Waals surface area contributed by atoms with Gasteiger partial charge in [0.05, 0.1) is 0 Å². The highest BCUT2D eigenvalue weighted by atomic mass is 16.2. The average Bonchev–Trinajstić information content (AvgIpc) is 2.13. The summed E-state index contributed by atoms with van der Waals surface area (Å²) >= 11 is 0. The van der Waals surface area contributed by atoms with Crippen LogP contribution in [0.3, 0.4) is 0 Å². The first-order chi connectivity index (χ1) is 6.88. The Morgan fingerprint density at radius 1 is 1.00 bits per heavy atom. The Bertz CT molecular complexity index is 177. The summed E-state index contributed by atoms with van der Waals surface area (Å²) in [7, 11) is 0. The Balaban J connectivity index is 4.40. The van der Waals surface area contributed by atoms with Crippen molar-refractivity contribution in [3.63, 3.8) is 0 Å². The van der Waals surface area contributed by atoms with Crippen LogP contribution in [0.15, 0.2) is 0 Å². The van der Waals surface area contributed by atoms with Gasteiger partial charge in [0.1, 0.15) is 0 Å². The zero-order chi connectivity index (χ0) is 12.0. The molecule has 0 fully saturated rings. The monoisotopic (exact) mass is 213 g/mol. The van der Waals surface area contributed by atoms with E-state index in [1.54, 1.807) is 0 Å². The van der Waals surface area contributed by atoms with E-state index >= 15 is 0 Å². The van der Waals surface area contributed by atoms with Gasteiger partial charge in [0.15, 0.2) is 0 Å². The third kappa shape index (κ3) is 5.81. The average molecular weight is 213 g/mol. The van der Waals surface area contributed by atoms with Gasteiger partial charge in [-0.05, 0) is 18.3 Å². The highest BCUT2D eigenvalue weighted by Crippen LogP contribution is 2.11. The van der Waals surface area contributed by atoms with Gasteiger partial charge in [-0.15, -0.1) is 0 Å². The second-order valence-electron chi connectivity index (χ2n) is 5.34. The molecule has 0 rings (SSSR count). The Morgan fingerprint density at radius 3 is 1.67 bits per heavy atom. The van der Waals surface area contributed by atoms with Crippen LogP contribution in [-0.2, 0) is 4.79 Å². The van der Waals surface area contributed by atoms with Gasteiger partial charge in [-0.1, -0.05) is 41.5 Å². The molecule has 15 heavy (non-hydrogen) atoms. The molecule has 0 unspecified atom stereocenters. The fourth-order valence-electron chi connectivity index (χ4n) is 1.62. The van der Waals surface area contributed by atoms with Gasteiger partial charge in [-0.3, -0.25) is 4.79 Å². The third-order valence-electron chi connectivity index (χ3n) is 2.52. The van der Waals surface area contributed by atoms with E-state index in [1.165, 1.54) is 0 Å². The smallest absolute Gasteiger partial charge is 0.225 e. The zero-order valence-electron chi connectivity index (χ0n) is 11.2. The predicted molar refractivity (Wildman–Crippen MR) is 65.7 cm³/mol. The first-order valence-electron chi connectivity index (χ1n) is 6.17. The molecule has 90 valence electrons. The van der Waals surface area contributed by atoms with Crippen LogP contribution in [0.4, 0.5) is 0 Å². The van der Waals surface area contributed by atoms with E-state index < -0.39 is 0 Å². The maximum absolute atomic E-state index is 12.1. The molecule has 0 radical (unpaired) electrons. The van der Waals surface area contributed by atoms with E-state index in [-0.39, 0.29) is 5.92 Å². The van der Waals surface area contributed by atoms with Crippen LogP contribution in [-0.4, -0.2) is 23.9 Å². The van der Waals surface area contributed by atoms with Crippen LogP contribution in [0.1, 0.15) is 48.0 Å². The van der Waals surface area contributed by atoms with Gasteiger partial charge in [0, 0.05) is 19.0 Å². The number of hydrogen-bond acceptors (Lipinski definition) is 1. The topological polar surface area (TPSA) is 20.3 Å². The molecular weight excluding hydrogens is 186 g/mol. The highest BCUT2D eigenvalue weighted by molar-refractivity contribution is 5.78. The summed E-state index contributed by atoms with van der Waals surface area (Å²) < 4.78 is 0. The number of amides is 1. The summed E-state index contributed by atoms with van der Waals surface area (Å²) in [5.74, 6) is 1.59. The molecule has 0 aromatic heterocycles. The standard InChI is InChI=1S/C13H27NO/c1-7-12(6)13(15)14(8-10(2)3)9-11(4)5/h10-12H,7-9H2,1-6H3/t12-/m1/s1. The van der Waals surface area contributed by atoms with Crippen LogP contribution in [0.5, 0.6) is 0 Å². The highest BCUT2D eigenvalue weighted by Gasteiger charge is 2.20. The molecule has 0 saturated carbocycles. The molecule has 0 aliphatic rings. The van der Waals surface area contributed by atoms with Crippen molar-refractivity contribution < 1.29 is 4.79 Å². The summed E-state index contributed by atoms with van der Waals surface area (Å²) in [5, 5.41) is 0. The van der Waals surface area contributed by atoms with Crippen molar-refractivity contribution in [1.82, 2.24) is 4.90 Å². The molecule has 0 N–H and O–H groups in total. The van der Waals surface area contributed by atoms with E-state index in [0.717, 1.165) is 19.5 Å². The van der Waals surface area contributed by atoms with Gasteiger partial charge >= 0.3 is 0 Å². The fraction of sp³-hybridized carbons (Fsp3) is 0.923. The maximum atomic E-state index is 12.1. The van der Waals surface area contributed by atoms with Gasteiger partial charge < -0.3 is 4.90 Å². The molecule has 0 aromatic rings. The lowest BCUT2D eigenvalue weighted by atomic mass is 10.0. The van der Waals surface area contributed by atoms with Crippen molar-refractivity contribution in [1.29, 1.82) is 0 Å². The molecule has 1 atom stereocenters. The summed E-state index contributed by atoms with van der Waals surface area (Å²) in [6, 6.07) is 0. The van der Waals surface area contributed by atoms with Crippen LogP contribution < -0.4 is 0 Å². The Kier molecular flexibility index (Phi) is 6.62. The van der Waals surface area contributed by atoms with Crippen molar-refractivity contribution in [3.05, 3.63) is 0 Å². The van der Waals surface area contributed by atoms with Crippen LogP contribution in [0, 0.1) is 17.8 Å². The van der Waals surface area contributed by atoms with Crippen LogP contribution in [0.25, 0.3) is 0 Å². The minimum atomic E-state index is 0.169. The summed E-state index contributed by atoms with van der Waals surface area (Å²) in [6.07, 6.45) is 0.936. The molecule has 0 saturated heterocycles. The van der Waals surface area contributed by atoms with Gasteiger partial charge in [-0.25, -0.2) is 0 Å². The van der Waals surface area contributed by atoms with Crippen molar-refractivity contribution in [2.75, 3.05) is 13.1 Å². The molecule has 2 nitrogen and oxygen atoms in total. The van der Waals surface area contributed by atoms with Crippen LogP contribution in [0.2, 0.25) is 0 Å². The largest absolute Gasteiger partial charge is 0.342 e. The van der Waals surface area contributed by atoms with E-state index in [9.17, 15) is 4.79 Å². The third-order valence-corrected chi connectivity index (χ3v) is 2.52. The molecule has 0 bridgehead atoms. The lowest BCUT2D eigenvalue weighted by Gasteiger charge is -2.28. The molecule has 2 heteroatoms. The Morgan fingerprint density at radius 2 is 1.40 bits per heavy atom. The van der Waals surface area contributed by atoms with Crippen molar-refractivity contribution in [3.8, 4) is 0 Å². The number of rotatable bonds is 6. The second kappa shape index (κ2) is 6.86. The predicted octanol–water partition coefficient (Wildman–Crippen LogP) is 3.17. The first kappa shape index (κ1) is 14.5. The number of nitrogens with zero attached hydrogens (tertiary/aromatic N) is 1. The molecule has 0 aliphatic heterocycles. The molecule has 1 amide bonds. The molecule has 0 spiro atoms. The molecule has 0 aliphatic carbocycles. The van der Waals surface area contributed by atoms with Gasteiger partial charge in [-0.2, -0.15) is 0 Å². The van der Waals surface area contributed by atoms with Gasteiger partial charge in [0.25, 0.3) is 0 Å². The van der Waals surface area contributed by atoms with Crippen molar-refractivity contribution >= 4 is 5.91 Å². The molecular formula is C13H27NO. The minimum absolute atomic E-state index is 0.169. The molecule has 0 heterocycles. The number of hydrogen-bond donors (Lipinski definition) is 0. The second-order valence-corrected chi connectivity index (χ2v) is 5.34. The Labute approximate surface area is 95.0 Å². The first-order valence-corrected chi connectivity index (χ1v) is 6.17. The minimum Gasteiger partial charge on any atom is -0.342 e. The van der Waals surface area contributed by atoms with Crippen LogP contribution >= 0.6 is 0 Å². The number of carbonyl (C=O) groups excluding carboxylic acids is 1. The SMILES string of the molecule is CC[C@@H](C)C(=O)N(CC(C)C)CC(C)C. The fourth-order valence-corrected chi connectivity index (χ4v) is 1.62. The zero-order valence-corrected chi connectivity index (χ0v) is 11.2. The lowest BCUT2D eigenvalue weighted by Crippen LogP contribution is -2.39. The van der Waals surface area contributed by atoms with E-state index in [0.29, 0.717) is 17.7 Å². The van der Waals surface area contributed by atoms with Crippen molar-refractivity contribution in [2.45, 2.75) is 48.0 Å². The lowest BCUT2D eigenvalue weighted by molar-refractivity contribution is -0.136.